The van der Waals surface area contributed by atoms with Gasteiger partial charge >= 0.3 is 0 Å². The number of pyridine rings is 1. The van der Waals surface area contributed by atoms with Gasteiger partial charge in [-0.2, -0.15) is 0 Å². The third-order valence-electron chi connectivity index (χ3n) is 3.29. The first-order valence-corrected chi connectivity index (χ1v) is 7.90. The smallest absolute Gasteiger partial charge is 0.248 e. The Morgan fingerprint density at radius 2 is 2.09 bits per heavy atom. The summed E-state index contributed by atoms with van der Waals surface area (Å²) in [6, 6.07) is 11.9. The second-order valence-corrected chi connectivity index (χ2v) is 6.15. The first kappa shape index (κ1) is 14.5. The Morgan fingerprint density at radius 1 is 1.23 bits per heavy atom. The van der Waals surface area contributed by atoms with Crippen LogP contribution in [0.5, 0.6) is 0 Å². The maximum absolute atomic E-state index is 12.1. The summed E-state index contributed by atoms with van der Waals surface area (Å²) in [5.41, 5.74) is 3.71. The molecule has 0 spiro atoms. The zero-order valence-electron chi connectivity index (χ0n) is 12.5. The minimum Gasteiger partial charge on any atom is -0.322 e. The summed E-state index contributed by atoms with van der Waals surface area (Å²) in [6.45, 7) is 3.96. The molecule has 110 valence electrons. The normalized spacial score (nSPS) is 11.2. The molecule has 22 heavy (non-hydrogen) atoms. The van der Waals surface area contributed by atoms with Crippen LogP contribution in [0, 0.1) is 13.8 Å². The number of aromatic nitrogens is 1. The van der Waals surface area contributed by atoms with E-state index in [1.54, 1.807) is 17.4 Å². The highest BCUT2D eigenvalue weighted by molar-refractivity contribution is 7.10. The number of anilines is 1. The van der Waals surface area contributed by atoms with Crippen molar-refractivity contribution < 1.29 is 4.79 Å². The summed E-state index contributed by atoms with van der Waals surface area (Å²) in [5.74, 6) is -0.137. The number of aryl methyl sites for hydroxylation is 2. The number of carbonyl (C=O) groups is 1. The van der Waals surface area contributed by atoms with E-state index < -0.39 is 0 Å². The van der Waals surface area contributed by atoms with Crippen LogP contribution in [-0.4, -0.2) is 10.9 Å². The van der Waals surface area contributed by atoms with Gasteiger partial charge in [0, 0.05) is 22.0 Å². The molecule has 2 aromatic heterocycles. The van der Waals surface area contributed by atoms with Crippen LogP contribution in [0.15, 0.2) is 47.9 Å². The minimum atomic E-state index is -0.137. The van der Waals surface area contributed by atoms with Crippen LogP contribution in [-0.2, 0) is 4.79 Å². The van der Waals surface area contributed by atoms with E-state index in [1.807, 2.05) is 61.7 Å². The van der Waals surface area contributed by atoms with E-state index >= 15 is 0 Å². The third kappa shape index (κ3) is 3.23. The third-order valence-corrected chi connectivity index (χ3v) is 4.13. The first-order valence-electron chi connectivity index (χ1n) is 7.02. The van der Waals surface area contributed by atoms with Gasteiger partial charge in [-0.15, -0.1) is 11.3 Å². The summed E-state index contributed by atoms with van der Waals surface area (Å²) in [4.78, 5) is 17.7. The molecule has 0 unspecified atom stereocenters. The summed E-state index contributed by atoms with van der Waals surface area (Å²) < 4.78 is 0. The molecular weight excluding hydrogens is 292 g/mol. The molecule has 1 amide bonds. The summed E-state index contributed by atoms with van der Waals surface area (Å²) in [6.07, 6.45) is 3.38. The van der Waals surface area contributed by atoms with Crippen molar-refractivity contribution in [2.75, 3.05) is 5.32 Å². The van der Waals surface area contributed by atoms with E-state index in [4.69, 9.17) is 0 Å². The van der Waals surface area contributed by atoms with Crippen LogP contribution >= 0.6 is 11.3 Å². The summed E-state index contributed by atoms with van der Waals surface area (Å²) in [7, 11) is 0. The van der Waals surface area contributed by atoms with E-state index in [-0.39, 0.29) is 5.91 Å². The van der Waals surface area contributed by atoms with Crippen molar-refractivity contribution in [2.24, 2.45) is 0 Å². The molecule has 0 bridgehead atoms. The molecule has 0 aliphatic rings. The Hall–Kier alpha value is -2.46. The van der Waals surface area contributed by atoms with E-state index in [1.165, 1.54) is 0 Å². The molecule has 4 heteroatoms. The number of nitrogens with one attached hydrogen (secondary N) is 1. The van der Waals surface area contributed by atoms with Gasteiger partial charge in [-0.25, -0.2) is 0 Å². The van der Waals surface area contributed by atoms with Crippen molar-refractivity contribution in [2.45, 2.75) is 13.8 Å². The molecule has 0 radical (unpaired) electrons. The predicted octanol–water partition coefficient (Wildman–Crippen LogP) is 4.57. The lowest BCUT2D eigenvalue weighted by Gasteiger charge is -2.09. The molecule has 0 fully saturated rings. The maximum atomic E-state index is 12.1. The SMILES string of the molecule is Cc1ccc2nc(C)cc(NC(=O)/C=C/c3cccs3)c2c1. The summed E-state index contributed by atoms with van der Waals surface area (Å²) >= 11 is 1.60. The fourth-order valence-corrected chi connectivity index (χ4v) is 2.91. The zero-order chi connectivity index (χ0) is 15.5. The van der Waals surface area contributed by atoms with Crippen molar-refractivity contribution in [1.29, 1.82) is 0 Å². The second kappa shape index (κ2) is 6.12. The van der Waals surface area contributed by atoms with Gasteiger partial charge in [-0.05, 0) is 49.6 Å². The van der Waals surface area contributed by atoms with Gasteiger partial charge in [0.2, 0.25) is 5.91 Å². The van der Waals surface area contributed by atoms with Crippen LogP contribution in [0.25, 0.3) is 17.0 Å². The number of rotatable bonds is 3. The number of hydrogen-bond donors (Lipinski definition) is 1. The Morgan fingerprint density at radius 3 is 2.86 bits per heavy atom. The number of thiophene rings is 1. The van der Waals surface area contributed by atoms with Gasteiger partial charge in [0.25, 0.3) is 0 Å². The van der Waals surface area contributed by atoms with E-state index in [0.29, 0.717) is 0 Å². The molecule has 0 aliphatic heterocycles. The molecule has 3 aromatic rings. The number of benzene rings is 1. The van der Waals surface area contributed by atoms with Gasteiger partial charge < -0.3 is 5.32 Å². The van der Waals surface area contributed by atoms with Gasteiger partial charge in [0.1, 0.15) is 0 Å². The fourth-order valence-electron chi connectivity index (χ4n) is 2.29. The van der Waals surface area contributed by atoms with Gasteiger partial charge in [-0.3, -0.25) is 9.78 Å². The molecular formula is C18H16N2OS. The molecule has 0 saturated heterocycles. The largest absolute Gasteiger partial charge is 0.322 e. The van der Waals surface area contributed by atoms with Gasteiger partial charge in [0.05, 0.1) is 11.2 Å². The first-order chi connectivity index (χ1) is 10.6. The molecule has 0 aliphatic carbocycles. The summed E-state index contributed by atoms with van der Waals surface area (Å²) in [5, 5.41) is 5.90. The van der Waals surface area contributed by atoms with Gasteiger partial charge in [0.15, 0.2) is 0 Å². The zero-order valence-corrected chi connectivity index (χ0v) is 13.3. The average Bonchev–Trinajstić information content (AvgIpc) is 2.99. The number of hydrogen-bond acceptors (Lipinski definition) is 3. The molecule has 0 saturated carbocycles. The molecule has 2 heterocycles. The highest BCUT2D eigenvalue weighted by Crippen LogP contribution is 2.24. The van der Waals surface area contributed by atoms with E-state index in [0.717, 1.165) is 32.7 Å². The number of nitrogens with zero attached hydrogens (tertiary/aromatic N) is 1. The highest BCUT2D eigenvalue weighted by Gasteiger charge is 2.06. The molecule has 1 N–H and O–H groups in total. The monoisotopic (exact) mass is 308 g/mol. The Kier molecular flexibility index (Phi) is 4.02. The minimum absolute atomic E-state index is 0.137. The fraction of sp³-hybridized carbons (Fsp3) is 0.111. The van der Waals surface area contributed by atoms with Crippen LogP contribution in [0.4, 0.5) is 5.69 Å². The Bertz CT molecular complexity index is 851. The number of amides is 1. The average molecular weight is 308 g/mol. The molecule has 3 nitrogen and oxygen atoms in total. The quantitative estimate of drug-likeness (QED) is 0.720. The van der Waals surface area contributed by atoms with Crippen molar-refractivity contribution >= 4 is 39.9 Å². The topological polar surface area (TPSA) is 42.0 Å². The lowest BCUT2D eigenvalue weighted by atomic mass is 10.1. The van der Waals surface area contributed by atoms with Crippen LogP contribution in [0.3, 0.4) is 0 Å². The molecule has 3 rings (SSSR count). The molecule has 1 aromatic carbocycles. The van der Waals surface area contributed by atoms with Crippen molar-refractivity contribution in [3.63, 3.8) is 0 Å². The van der Waals surface area contributed by atoms with Crippen LogP contribution in [0.2, 0.25) is 0 Å². The predicted molar refractivity (Wildman–Crippen MR) is 93.2 cm³/mol. The van der Waals surface area contributed by atoms with Crippen LogP contribution < -0.4 is 5.32 Å². The van der Waals surface area contributed by atoms with E-state index in [9.17, 15) is 4.79 Å². The van der Waals surface area contributed by atoms with Crippen LogP contribution in [0.1, 0.15) is 16.1 Å². The van der Waals surface area contributed by atoms with E-state index in [2.05, 4.69) is 10.3 Å². The standard InChI is InChI=1S/C18H16N2OS/c1-12-5-7-16-15(10-12)17(11-13(2)19-16)20-18(21)8-6-14-4-3-9-22-14/h3-11H,1-2H3,(H,19,20,21)/b8-6+. The Labute approximate surface area is 133 Å². The van der Waals surface area contributed by atoms with Gasteiger partial charge in [-0.1, -0.05) is 17.7 Å². The van der Waals surface area contributed by atoms with Crippen molar-refractivity contribution in [3.8, 4) is 0 Å². The highest BCUT2D eigenvalue weighted by atomic mass is 32.1. The lowest BCUT2D eigenvalue weighted by molar-refractivity contribution is -0.111. The maximum Gasteiger partial charge on any atom is 0.248 e. The molecule has 0 atom stereocenters. The number of carbonyl (C=O) groups excluding carboxylic acids is 1. The second-order valence-electron chi connectivity index (χ2n) is 5.17. The van der Waals surface area contributed by atoms with Crippen molar-refractivity contribution in [3.05, 3.63) is 64.0 Å². The Balaban J connectivity index is 1.89. The van der Waals surface area contributed by atoms with Crippen molar-refractivity contribution in [1.82, 2.24) is 4.98 Å². The lowest BCUT2D eigenvalue weighted by Crippen LogP contribution is -2.08. The number of fused-ring (bicyclic) bond motifs is 1.